The molecule has 2 aromatic rings. The molecule has 0 N–H and O–H groups in total. The van der Waals surface area contributed by atoms with Gasteiger partial charge in [-0.3, -0.25) is 9.67 Å². The van der Waals surface area contributed by atoms with Crippen LogP contribution in [0.15, 0.2) is 42.7 Å². The Labute approximate surface area is 168 Å². The molecule has 0 fully saturated rings. The van der Waals surface area contributed by atoms with Crippen LogP contribution in [0.5, 0.6) is 0 Å². The standard InChI is InChI=1S/C22H32N4O2/c1-19(2)22(27)28-17-13-9-7-5-3-4-6-8-12-16-26-18-21(24-25-26)20-14-10-11-15-23-20/h10-11,14-15,18H,1,3-9,12-13,16-17H2,2H3. The van der Waals surface area contributed by atoms with Crippen LogP contribution in [0.4, 0.5) is 0 Å². The van der Waals surface area contributed by atoms with E-state index in [1.165, 1.54) is 38.5 Å². The number of esters is 1. The molecule has 2 aromatic heterocycles. The molecule has 0 saturated carbocycles. The van der Waals surface area contributed by atoms with Crippen molar-refractivity contribution in [1.29, 1.82) is 0 Å². The minimum absolute atomic E-state index is 0.279. The van der Waals surface area contributed by atoms with Gasteiger partial charge in [0, 0.05) is 18.3 Å². The van der Waals surface area contributed by atoms with E-state index in [0.29, 0.717) is 12.2 Å². The Balaban J connectivity index is 1.42. The van der Waals surface area contributed by atoms with E-state index in [9.17, 15) is 4.79 Å². The molecule has 0 saturated heterocycles. The summed E-state index contributed by atoms with van der Waals surface area (Å²) in [7, 11) is 0. The lowest BCUT2D eigenvalue weighted by molar-refractivity contribution is -0.139. The van der Waals surface area contributed by atoms with Crippen LogP contribution in [-0.2, 0) is 16.1 Å². The second-order valence-electron chi connectivity index (χ2n) is 7.18. The molecule has 2 rings (SSSR count). The predicted molar refractivity (Wildman–Crippen MR) is 111 cm³/mol. The highest BCUT2D eigenvalue weighted by Gasteiger charge is 2.04. The van der Waals surface area contributed by atoms with E-state index in [1.807, 2.05) is 29.1 Å². The normalized spacial score (nSPS) is 10.8. The molecule has 0 bridgehead atoms. The third kappa shape index (κ3) is 8.46. The number of unbranched alkanes of at least 4 members (excludes halogenated alkanes) is 8. The number of hydrogen-bond donors (Lipinski definition) is 0. The molecular formula is C22H32N4O2. The van der Waals surface area contributed by atoms with Crippen LogP contribution in [0, 0.1) is 0 Å². The van der Waals surface area contributed by atoms with Gasteiger partial charge in [0.2, 0.25) is 0 Å². The second kappa shape index (κ2) is 12.8. The van der Waals surface area contributed by atoms with Crippen molar-refractivity contribution in [1.82, 2.24) is 20.0 Å². The van der Waals surface area contributed by atoms with E-state index in [1.54, 1.807) is 13.1 Å². The number of carbonyl (C=O) groups excluding carboxylic acids is 1. The molecule has 28 heavy (non-hydrogen) atoms. The van der Waals surface area contributed by atoms with Gasteiger partial charge in [-0.05, 0) is 31.9 Å². The maximum atomic E-state index is 11.2. The fourth-order valence-corrected chi connectivity index (χ4v) is 2.94. The van der Waals surface area contributed by atoms with Crippen LogP contribution >= 0.6 is 0 Å². The zero-order valence-corrected chi connectivity index (χ0v) is 17.0. The van der Waals surface area contributed by atoms with Crippen molar-refractivity contribution >= 4 is 5.97 Å². The van der Waals surface area contributed by atoms with Gasteiger partial charge >= 0.3 is 5.97 Å². The van der Waals surface area contributed by atoms with Gasteiger partial charge in [-0.1, -0.05) is 62.8 Å². The van der Waals surface area contributed by atoms with E-state index in [0.717, 1.165) is 37.2 Å². The van der Waals surface area contributed by atoms with Gasteiger partial charge in [-0.2, -0.15) is 0 Å². The van der Waals surface area contributed by atoms with Crippen LogP contribution in [0.2, 0.25) is 0 Å². The summed E-state index contributed by atoms with van der Waals surface area (Å²) in [5.74, 6) is -0.279. The molecule has 0 amide bonds. The van der Waals surface area contributed by atoms with Crippen molar-refractivity contribution in [3.8, 4) is 11.4 Å². The molecule has 0 aromatic carbocycles. The molecule has 6 heteroatoms. The summed E-state index contributed by atoms with van der Waals surface area (Å²) in [4.78, 5) is 15.5. The van der Waals surface area contributed by atoms with E-state index in [2.05, 4.69) is 21.9 Å². The predicted octanol–water partition coefficient (Wildman–Crippen LogP) is 4.97. The number of hydrogen-bond acceptors (Lipinski definition) is 5. The van der Waals surface area contributed by atoms with Gasteiger partial charge < -0.3 is 4.74 Å². The number of carbonyl (C=O) groups is 1. The largest absolute Gasteiger partial charge is 0.462 e. The molecule has 0 radical (unpaired) electrons. The highest BCUT2D eigenvalue weighted by Crippen LogP contribution is 2.13. The van der Waals surface area contributed by atoms with Crippen LogP contribution in [-0.4, -0.2) is 32.6 Å². The first-order valence-corrected chi connectivity index (χ1v) is 10.3. The van der Waals surface area contributed by atoms with Crippen molar-refractivity contribution in [2.24, 2.45) is 0 Å². The lowest BCUT2D eigenvalue weighted by Gasteiger charge is -2.04. The zero-order valence-electron chi connectivity index (χ0n) is 17.0. The molecular weight excluding hydrogens is 352 g/mol. The smallest absolute Gasteiger partial charge is 0.333 e. The van der Waals surface area contributed by atoms with Crippen LogP contribution in [0.1, 0.15) is 64.7 Å². The van der Waals surface area contributed by atoms with Gasteiger partial charge in [-0.25, -0.2) is 4.79 Å². The Morgan fingerprint density at radius 2 is 1.68 bits per heavy atom. The first kappa shape index (κ1) is 21.8. The lowest BCUT2D eigenvalue weighted by Crippen LogP contribution is -2.05. The average molecular weight is 385 g/mol. The van der Waals surface area contributed by atoms with Crippen molar-refractivity contribution in [2.45, 2.75) is 71.3 Å². The number of rotatable bonds is 14. The molecule has 0 aliphatic heterocycles. The van der Waals surface area contributed by atoms with Crippen LogP contribution in [0.25, 0.3) is 11.4 Å². The van der Waals surface area contributed by atoms with E-state index >= 15 is 0 Å². The maximum absolute atomic E-state index is 11.2. The first-order chi connectivity index (χ1) is 13.7. The molecule has 152 valence electrons. The van der Waals surface area contributed by atoms with Crippen molar-refractivity contribution in [2.75, 3.05) is 6.61 Å². The average Bonchev–Trinajstić information content (AvgIpc) is 3.18. The van der Waals surface area contributed by atoms with Crippen LogP contribution < -0.4 is 0 Å². The maximum Gasteiger partial charge on any atom is 0.333 e. The van der Waals surface area contributed by atoms with E-state index in [-0.39, 0.29) is 5.97 Å². The fourth-order valence-electron chi connectivity index (χ4n) is 2.94. The summed E-state index contributed by atoms with van der Waals surface area (Å²) in [5.41, 5.74) is 2.16. The van der Waals surface area contributed by atoms with Gasteiger partial charge in [0.25, 0.3) is 0 Å². The highest BCUT2D eigenvalue weighted by molar-refractivity contribution is 5.86. The minimum atomic E-state index is -0.279. The Morgan fingerprint density at radius 1 is 1.00 bits per heavy atom. The minimum Gasteiger partial charge on any atom is -0.462 e. The third-order valence-electron chi connectivity index (χ3n) is 4.58. The van der Waals surface area contributed by atoms with Gasteiger partial charge in [-0.15, -0.1) is 5.10 Å². The summed E-state index contributed by atoms with van der Waals surface area (Å²) in [5, 5.41) is 8.38. The van der Waals surface area contributed by atoms with Gasteiger partial charge in [0.1, 0.15) is 5.69 Å². The van der Waals surface area contributed by atoms with Crippen LogP contribution in [0.3, 0.4) is 0 Å². The first-order valence-electron chi connectivity index (χ1n) is 10.3. The van der Waals surface area contributed by atoms with Gasteiger partial charge in [0.05, 0.1) is 18.5 Å². The highest BCUT2D eigenvalue weighted by atomic mass is 16.5. The summed E-state index contributed by atoms with van der Waals surface area (Å²) in [6.45, 7) is 6.66. The quantitative estimate of drug-likeness (QED) is 0.261. The summed E-state index contributed by atoms with van der Waals surface area (Å²) >= 11 is 0. The summed E-state index contributed by atoms with van der Waals surface area (Å²) < 4.78 is 6.99. The number of aromatic nitrogens is 4. The third-order valence-corrected chi connectivity index (χ3v) is 4.58. The zero-order chi connectivity index (χ0) is 20.0. The van der Waals surface area contributed by atoms with Crippen molar-refractivity contribution < 1.29 is 9.53 Å². The van der Waals surface area contributed by atoms with Gasteiger partial charge in [0.15, 0.2) is 0 Å². The van der Waals surface area contributed by atoms with Crippen molar-refractivity contribution in [3.63, 3.8) is 0 Å². The van der Waals surface area contributed by atoms with E-state index in [4.69, 9.17) is 4.74 Å². The van der Waals surface area contributed by atoms with E-state index < -0.39 is 0 Å². The van der Waals surface area contributed by atoms with Crippen molar-refractivity contribution in [3.05, 3.63) is 42.7 Å². The monoisotopic (exact) mass is 384 g/mol. The molecule has 0 aliphatic rings. The Kier molecular flexibility index (Phi) is 9.97. The molecule has 6 nitrogen and oxygen atoms in total. The molecule has 0 atom stereocenters. The Hall–Kier alpha value is -2.50. The lowest BCUT2D eigenvalue weighted by atomic mass is 10.1. The Morgan fingerprint density at radius 3 is 2.32 bits per heavy atom. The molecule has 0 aliphatic carbocycles. The number of nitrogens with zero attached hydrogens (tertiary/aromatic N) is 4. The molecule has 2 heterocycles. The summed E-state index contributed by atoms with van der Waals surface area (Å²) in [6, 6.07) is 5.80. The Bertz CT molecular complexity index is 712. The SMILES string of the molecule is C=C(C)C(=O)OCCCCCCCCCCCn1cc(-c2ccccn2)nn1. The number of ether oxygens (including phenoxy) is 1. The number of aryl methyl sites for hydroxylation is 1. The fraction of sp³-hybridized carbons (Fsp3) is 0.545. The second-order valence-corrected chi connectivity index (χ2v) is 7.18. The molecule has 0 unspecified atom stereocenters. The summed E-state index contributed by atoms with van der Waals surface area (Å²) in [6.07, 6.45) is 14.4. The topological polar surface area (TPSA) is 69.9 Å². The molecule has 0 spiro atoms. The number of pyridine rings is 1.